The molecule has 5 unspecified atom stereocenters. The van der Waals surface area contributed by atoms with Crippen LogP contribution in [-0.4, -0.2) is 15.8 Å². The molecule has 27 heavy (non-hydrogen) atoms. The van der Waals surface area contributed by atoms with Crippen LogP contribution in [0.1, 0.15) is 60.9 Å². The summed E-state index contributed by atoms with van der Waals surface area (Å²) in [6, 6.07) is 10.2. The Bertz CT molecular complexity index is 871. The number of phenols is 1. The van der Waals surface area contributed by atoms with Crippen LogP contribution < -0.4 is 0 Å². The van der Waals surface area contributed by atoms with E-state index in [0.717, 1.165) is 32.1 Å². The Balaban J connectivity index is 1.45. The molecular weight excluding hydrogens is 352 g/mol. The van der Waals surface area contributed by atoms with Crippen molar-refractivity contribution >= 4 is 17.4 Å². The molecule has 1 aromatic carbocycles. The van der Waals surface area contributed by atoms with Crippen molar-refractivity contribution in [1.29, 1.82) is 0 Å². The summed E-state index contributed by atoms with van der Waals surface area (Å²) in [5.41, 5.74) is 2.07. The topological polar surface area (TPSA) is 40.5 Å². The summed E-state index contributed by atoms with van der Waals surface area (Å²) >= 11 is 1.73. The summed E-state index contributed by atoms with van der Waals surface area (Å²) in [5, 5.41) is 23.6. The molecule has 2 aromatic rings. The van der Waals surface area contributed by atoms with Crippen molar-refractivity contribution in [2.45, 2.75) is 57.0 Å². The molecule has 0 spiro atoms. The van der Waals surface area contributed by atoms with Crippen molar-refractivity contribution < 1.29 is 10.2 Å². The summed E-state index contributed by atoms with van der Waals surface area (Å²) in [6.45, 7) is 2.34. The maximum absolute atomic E-state index is 11.7. The Morgan fingerprint density at radius 1 is 1.15 bits per heavy atom. The normalized spacial score (nSPS) is 37.8. The number of thiophene rings is 1. The van der Waals surface area contributed by atoms with E-state index in [0.29, 0.717) is 23.5 Å². The standard InChI is InChI=1S/C24H28O2S/c1-23-11-9-20-19-7-5-17(25)15-16(19)4-6-21(20)22(23)10-13-24(23,26)12-8-18-3-2-14-27-18/h2-3,5,7-8,12,14-15,20-22,25-26H,4,6,9-11,13H2,1H3/b12-8+. The smallest absolute Gasteiger partial charge is 0.115 e. The van der Waals surface area contributed by atoms with E-state index < -0.39 is 5.60 Å². The number of aryl methyl sites for hydroxylation is 1. The molecule has 0 amide bonds. The van der Waals surface area contributed by atoms with Crippen LogP contribution in [0.3, 0.4) is 0 Å². The van der Waals surface area contributed by atoms with Gasteiger partial charge in [0.15, 0.2) is 0 Å². The third-order valence-corrected chi connectivity index (χ3v) is 8.83. The lowest BCUT2D eigenvalue weighted by Crippen LogP contribution is -2.49. The zero-order valence-electron chi connectivity index (χ0n) is 15.9. The molecule has 3 aliphatic carbocycles. The number of hydrogen-bond acceptors (Lipinski definition) is 3. The molecule has 5 rings (SSSR count). The van der Waals surface area contributed by atoms with Crippen LogP contribution in [0.4, 0.5) is 0 Å². The largest absolute Gasteiger partial charge is 0.508 e. The molecule has 0 aliphatic heterocycles. The first-order valence-electron chi connectivity index (χ1n) is 10.3. The Labute approximate surface area is 165 Å². The van der Waals surface area contributed by atoms with Gasteiger partial charge in [-0.2, -0.15) is 0 Å². The fourth-order valence-electron chi connectivity index (χ4n) is 6.50. The van der Waals surface area contributed by atoms with E-state index in [1.807, 2.05) is 12.1 Å². The summed E-state index contributed by atoms with van der Waals surface area (Å²) in [5.74, 6) is 2.22. The van der Waals surface area contributed by atoms with E-state index in [2.05, 4.69) is 42.7 Å². The number of fused-ring (bicyclic) bond motifs is 5. The molecule has 3 heteroatoms. The zero-order valence-corrected chi connectivity index (χ0v) is 16.7. The molecule has 0 bridgehead atoms. The highest BCUT2D eigenvalue weighted by Crippen LogP contribution is 2.64. The second kappa shape index (κ2) is 6.22. The number of hydrogen-bond donors (Lipinski definition) is 2. The van der Waals surface area contributed by atoms with Crippen molar-refractivity contribution in [2.75, 3.05) is 0 Å². The Kier molecular flexibility index (Phi) is 4.03. The summed E-state index contributed by atoms with van der Waals surface area (Å²) in [4.78, 5) is 1.22. The van der Waals surface area contributed by atoms with Gasteiger partial charge in [0.05, 0.1) is 5.60 Å². The zero-order chi connectivity index (χ0) is 18.6. The number of phenolic OH excluding ortho intramolecular Hbond substituents is 1. The molecule has 2 N–H and O–H groups in total. The number of aliphatic hydroxyl groups is 1. The molecule has 1 aromatic heterocycles. The maximum Gasteiger partial charge on any atom is 0.115 e. The molecule has 0 saturated heterocycles. The average molecular weight is 381 g/mol. The monoisotopic (exact) mass is 380 g/mol. The third kappa shape index (κ3) is 2.62. The van der Waals surface area contributed by atoms with Gasteiger partial charge in [0.1, 0.15) is 5.75 Å². The van der Waals surface area contributed by atoms with E-state index in [9.17, 15) is 10.2 Å². The van der Waals surface area contributed by atoms with E-state index in [4.69, 9.17) is 0 Å². The van der Waals surface area contributed by atoms with Crippen LogP contribution in [0.2, 0.25) is 0 Å². The lowest BCUT2D eigenvalue weighted by molar-refractivity contribution is -0.0704. The maximum atomic E-state index is 11.7. The number of rotatable bonds is 2. The first kappa shape index (κ1) is 17.5. The second-order valence-corrected chi connectivity index (χ2v) is 10.0. The van der Waals surface area contributed by atoms with Crippen molar-refractivity contribution in [3.63, 3.8) is 0 Å². The van der Waals surface area contributed by atoms with Crippen LogP contribution in [0.15, 0.2) is 41.8 Å². The van der Waals surface area contributed by atoms with Gasteiger partial charge in [-0.25, -0.2) is 0 Å². The van der Waals surface area contributed by atoms with Crippen LogP contribution in [0, 0.1) is 17.3 Å². The fraction of sp³-hybridized carbons (Fsp3) is 0.500. The lowest BCUT2D eigenvalue weighted by Gasteiger charge is -2.52. The highest BCUT2D eigenvalue weighted by atomic mass is 32.1. The van der Waals surface area contributed by atoms with E-state index in [1.165, 1.54) is 22.4 Å². The third-order valence-electron chi connectivity index (χ3n) is 7.99. The van der Waals surface area contributed by atoms with Crippen LogP contribution in [-0.2, 0) is 6.42 Å². The predicted molar refractivity (Wildman–Crippen MR) is 111 cm³/mol. The molecule has 2 nitrogen and oxygen atoms in total. The fourth-order valence-corrected chi connectivity index (χ4v) is 7.12. The minimum absolute atomic E-state index is 0.0314. The Hall–Kier alpha value is -1.58. The number of benzene rings is 1. The van der Waals surface area contributed by atoms with Crippen molar-refractivity contribution in [3.05, 3.63) is 57.8 Å². The van der Waals surface area contributed by atoms with Gasteiger partial charge in [-0.1, -0.05) is 25.1 Å². The lowest BCUT2D eigenvalue weighted by atomic mass is 9.53. The minimum atomic E-state index is -0.693. The molecule has 5 atom stereocenters. The van der Waals surface area contributed by atoms with Gasteiger partial charge < -0.3 is 10.2 Å². The molecule has 2 saturated carbocycles. The van der Waals surface area contributed by atoms with E-state index in [-0.39, 0.29) is 5.41 Å². The average Bonchev–Trinajstić information content (AvgIpc) is 3.26. The highest BCUT2D eigenvalue weighted by Gasteiger charge is 2.60. The minimum Gasteiger partial charge on any atom is -0.508 e. The first-order chi connectivity index (χ1) is 13.0. The quantitative estimate of drug-likeness (QED) is 0.696. The highest BCUT2D eigenvalue weighted by molar-refractivity contribution is 7.10. The van der Waals surface area contributed by atoms with Crippen LogP contribution in [0.25, 0.3) is 6.08 Å². The summed E-state index contributed by atoms with van der Waals surface area (Å²) < 4.78 is 0. The predicted octanol–water partition coefficient (Wildman–Crippen LogP) is 5.75. The van der Waals surface area contributed by atoms with Crippen molar-refractivity contribution in [2.24, 2.45) is 17.3 Å². The number of aromatic hydroxyl groups is 1. The van der Waals surface area contributed by atoms with Gasteiger partial charge in [0.25, 0.3) is 0 Å². The van der Waals surface area contributed by atoms with Gasteiger partial charge in [-0.05, 0) is 97.1 Å². The molecule has 2 fully saturated rings. The van der Waals surface area contributed by atoms with Crippen molar-refractivity contribution in [3.8, 4) is 5.75 Å². The summed E-state index contributed by atoms with van der Waals surface area (Å²) in [7, 11) is 0. The molecular formula is C24H28O2S. The SMILES string of the molecule is CC12CCC3c4ccc(O)cc4CCC3C1CCC2(O)/C=C/c1cccs1. The second-order valence-electron chi connectivity index (χ2n) is 9.07. The Morgan fingerprint density at radius 3 is 2.85 bits per heavy atom. The summed E-state index contributed by atoms with van der Waals surface area (Å²) in [6.07, 6.45) is 10.7. The van der Waals surface area contributed by atoms with Gasteiger partial charge in [-0.15, -0.1) is 11.3 Å². The van der Waals surface area contributed by atoms with Gasteiger partial charge >= 0.3 is 0 Å². The van der Waals surface area contributed by atoms with E-state index >= 15 is 0 Å². The van der Waals surface area contributed by atoms with Crippen LogP contribution in [0.5, 0.6) is 5.75 Å². The first-order valence-corrected chi connectivity index (χ1v) is 11.2. The molecule has 0 radical (unpaired) electrons. The van der Waals surface area contributed by atoms with Gasteiger partial charge in [0.2, 0.25) is 0 Å². The molecule has 1 heterocycles. The van der Waals surface area contributed by atoms with E-state index in [1.54, 1.807) is 11.3 Å². The van der Waals surface area contributed by atoms with Crippen LogP contribution >= 0.6 is 11.3 Å². The molecule has 142 valence electrons. The Morgan fingerprint density at radius 2 is 2.04 bits per heavy atom. The molecule has 3 aliphatic rings. The van der Waals surface area contributed by atoms with Crippen molar-refractivity contribution in [1.82, 2.24) is 0 Å². The van der Waals surface area contributed by atoms with Gasteiger partial charge in [-0.3, -0.25) is 0 Å². The van der Waals surface area contributed by atoms with Gasteiger partial charge in [0, 0.05) is 10.3 Å².